The molecule has 1 amide bonds. The summed E-state index contributed by atoms with van der Waals surface area (Å²) in [6.45, 7) is 2.03. The van der Waals surface area contributed by atoms with Gasteiger partial charge in [0.15, 0.2) is 5.17 Å². The van der Waals surface area contributed by atoms with Gasteiger partial charge < -0.3 is 4.74 Å². The van der Waals surface area contributed by atoms with E-state index < -0.39 is 0 Å². The smallest absolute Gasteiger partial charge is 0.259 e. The lowest BCUT2D eigenvalue weighted by molar-refractivity contribution is -0.124. The molecule has 24 heavy (non-hydrogen) atoms. The van der Waals surface area contributed by atoms with Gasteiger partial charge in [-0.05, 0) is 36.8 Å². The van der Waals surface area contributed by atoms with Gasteiger partial charge in [-0.3, -0.25) is 4.79 Å². The Labute approximate surface area is 145 Å². The van der Waals surface area contributed by atoms with Crippen molar-refractivity contribution in [2.75, 3.05) is 12.9 Å². The molecule has 1 aliphatic rings. The Bertz CT molecular complexity index is 783. The SMILES string of the molecule is COc1ccc(N=C2SCC(=O)N2N=Cc2ccc(C)cc2)cc1. The number of rotatable bonds is 4. The maximum absolute atomic E-state index is 12.0. The fourth-order valence-corrected chi connectivity index (χ4v) is 2.91. The Morgan fingerprint density at radius 3 is 2.50 bits per heavy atom. The van der Waals surface area contributed by atoms with Crippen molar-refractivity contribution < 1.29 is 9.53 Å². The van der Waals surface area contributed by atoms with Crippen molar-refractivity contribution in [1.29, 1.82) is 0 Å². The van der Waals surface area contributed by atoms with Crippen LogP contribution < -0.4 is 4.74 Å². The van der Waals surface area contributed by atoms with Crippen molar-refractivity contribution >= 4 is 34.7 Å². The first-order valence-corrected chi connectivity index (χ1v) is 8.43. The molecule has 0 unspecified atom stereocenters. The predicted molar refractivity (Wildman–Crippen MR) is 98.2 cm³/mol. The van der Waals surface area contributed by atoms with Gasteiger partial charge in [0, 0.05) is 0 Å². The van der Waals surface area contributed by atoms with Crippen LogP contribution in [0.4, 0.5) is 5.69 Å². The third-order valence-corrected chi connectivity index (χ3v) is 4.35. The van der Waals surface area contributed by atoms with Crippen LogP contribution in [0, 0.1) is 6.92 Å². The molecule has 1 fully saturated rings. The number of amidine groups is 1. The summed E-state index contributed by atoms with van der Waals surface area (Å²) in [7, 11) is 1.62. The molecule has 0 bridgehead atoms. The minimum absolute atomic E-state index is 0.0735. The Balaban J connectivity index is 1.80. The molecule has 0 radical (unpaired) electrons. The molecular weight excluding hydrogens is 322 g/mol. The summed E-state index contributed by atoms with van der Waals surface area (Å²) in [5, 5.41) is 6.23. The van der Waals surface area contributed by atoms with Crippen molar-refractivity contribution in [3.05, 3.63) is 59.7 Å². The largest absolute Gasteiger partial charge is 0.497 e. The van der Waals surface area contributed by atoms with Crippen molar-refractivity contribution in [3.63, 3.8) is 0 Å². The third-order valence-electron chi connectivity index (χ3n) is 3.44. The van der Waals surface area contributed by atoms with E-state index in [1.807, 2.05) is 55.5 Å². The number of amides is 1. The standard InChI is InChI=1S/C18H17N3O2S/c1-13-3-5-14(6-4-13)11-19-21-17(22)12-24-18(21)20-15-7-9-16(23-2)10-8-15/h3-11H,12H2,1-2H3. The summed E-state index contributed by atoms with van der Waals surface area (Å²) in [6, 6.07) is 15.3. The first-order valence-electron chi connectivity index (χ1n) is 7.45. The Kier molecular flexibility index (Phi) is 4.96. The fourth-order valence-electron chi connectivity index (χ4n) is 2.09. The highest BCUT2D eigenvalue weighted by atomic mass is 32.2. The van der Waals surface area contributed by atoms with E-state index in [-0.39, 0.29) is 5.91 Å². The van der Waals surface area contributed by atoms with Crippen LogP contribution in [0.3, 0.4) is 0 Å². The summed E-state index contributed by atoms with van der Waals surface area (Å²) in [4.78, 5) is 16.5. The molecule has 1 saturated heterocycles. The van der Waals surface area contributed by atoms with Crippen LogP contribution in [-0.2, 0) is 4.79 Å². The van der Waals surface area contributed by atoms with E-state index in [0.717, 1.165) is 17.0 Å². The van der Waals surface area contributed by atoms with E-state index in [9.17, 15) is 4.79 Å². The molecular formula is C18H17N3O2S. The number of hydrogen-bond donors (Lipinski definition) is 0. The minimum atomic E-state index is -0.0735. The second-order valence-electron chi connectivity index (χ2n) is 5.24. The van der Waals surface area contributed by atoms with E-state index in [4.69, 9.17) is 4.74 Å². The maximum atomic E-state index is 12.0. The highest BCUT2D eigenvalue weighted by Gasteiger charge is 2.28. The van der Waals surface area contributed by atoms with Crippen LogP contribution in [0.25, 0.3) is 0 Å². The number of hydrogen-bond acceptors (Lipinski definition) is 5. The maximum Gasteiger partial charge on any atom is 0.259 e. The fraction of sp³-hybridized carbons (Fsp3) is 0.167. The van der Waals surface area contributed by atoms with E-state index in [2.05, 4.69) is 10.1 Å². The molecule has 1 aliphatic heterocycles. The van der Waals surface area contributed by atoms with Gasteiger partial charge in [-0.15, -0.1) is 0 Å². The number of methoxy groups -OCH3 is 1. The van der Waals surface area contributed by atoms with Gasteiger partial charge >= 0.3 is 0 Å². The zero-order chi connectivity index (χ0) is 16.9. The number of hydrazone groups is 1. The van der Waals surface area contributed by atoms with Gasteiger partial charge in [-0.25, -0.2) is 4.99 Å². The molecule has 0 N–H and O–H groups in total. The lowest BCUT2D eigenvalue weighted by Crippen LogP contribution is -2.23. The highest BCUT2D eigenvalue weighted by Crippen LogP contribution is 2.25. The number of aryl methyl sites for hydroxylation is 1. The van der Waals surface area contributed by atoms with Gasteiger partial charge in [-0.2, -0.15) is 10.1 Å². The highest BCUT2D eigenvalue weighted by molar-refractivity contribution is 8.15. The van der Waals surface area contributed by atoms with Gasteiger partial charge in [0.25, 0.3) is 5.91 Å². The molecule has 0 spiro atoms. The number of carbonyl (C=O) groups excluding carboxylic acids is 1. The summed E-state index contributed by atoms with van der Waals surface area (Å²) < 4.78 is 5.13. The number of carbonyl (C=O) groups is 1. The van der Waals surface area contributed by atoms with Gasteiger partial charge in [-0.1, -0.05) is 41.6 Å². The second-order valence-corrected chi connectivity index (χ2v) is 6.18. The molecule has 0 atom stereocenters. The topological polar surface area (TPSA) is 54.3 Å². The van der Waals surface area contributed by atoms with E-state index in [0.29, 0.717) is 10.9 Å². The summed E-state index contributed by atoms with van der Waals surface area (Å²) in [5.41, 5.74) is 2.87. The molecule has 0 aliphatic carbocycles. The molecule has 2 aromatic carbocycles. The molecule has 5 nitrogen and oxygen atoms in total. The first kappa shape index (κ1) is 16.3. The molecule has 3 rings (SSSR count). The predicted octanol–water partition coefficient (Wildman–Crippen LogP) is 3.60. The zero-order valence-electron chi connectivity index (χ0n) is 13.5. The van der Waals surface area contributed by atoms with Gasteiger partial charge in [0.1, 0.15) is 5.75 Å². The Morgan fingerprint density at radius 1 is 1.12 bits per heavy atom. The number of benzene rings is 2. The van der Waals surface area contributed by atoms with Crippen molar-refractivity contribution in [2.45, 2.75) is 6.92 Å². The van der Waals surface area contributed by atoms with Crippen LogP contribution in [-0.4, -0.2) is 35.2 Å². The molecule has 2 aromatic rings. The summed E-state index contributed by atoms with van der Waals surface area (Å²) >= 11 is 1.38. The van der Waals surface area contributed by atoms with Crippen LogP contribution in [0.5, 0.6) is 5.75 Å². The zero-order valence-corrected chi connectivity index (χ0v) is 14.3. The molecule has 0 saturated carbocycles. The first-order chi connectivity index (χ1) is 11.7. The number of ether oxygens (including phenoxy) is 1. The number of nitrogens with zero attached hydrogens (tertiary/aromatic N) is 3. The van der Waals surface area contributed by atoms with Crippen molar-refractivity contribution in [3.8, 4) is 5.75 Å². The minimum Gasteiger partial charge on any atom is -0.497 e. The molecule has 122 valence electrons. The molecule has 6 heteroatoms. The van der Waals surface area contributed by atoms with Crippen LogP contribution in [0.2, 0.25) is 0 Å². The van der Waals surface area contributed by atoms with Gasteiger partial charge in [0.05, 0.1) is 24.8 Å². The van der Waals surface area contributed by atoms with E-state index in [1.54, 1.807) is 13.3 Å². The summed E-state index contributed by atoms with van der Waals surface area (Å²) in [6.07, 6.45) is 1.67. The van der Waals surface area contributed by atoms with Crippen LogP contribution in [0.15, 0.2) is 58.6 Å². The van der Waals surface area contributed by atoms with E-state index >= 15 is 0 Å². The normalized spacial score (nSPS) is 16.3. The lowest BCUT2D eigenvalue weighted by atomic mass is 10.2. The Hall–Kier alpha value is -2.60. The van der Waals surface area contributed by atoms with Crippen LogP contribution in [0.1, 0.15) is 11.1 Å². The Morgan fingerprint density at radius 2 is 1.83 bits per heavy atom. The second kappa shape index (κ2) is 7.31. The number of aliphatic imine (C=N–C) groups is 1. The van der Waals surface area contributed by atoms with Crippen molar-refractivity contribution in [2.24, 2.45) is 10.1 Å². The summed E-state index contributed by atoms with van der Waals surface area (Å²) in [5.74, 6) is 1.04. The monoisotopic (exact) mass is 339 g/mol. The number of thioether (sulfide) groups is 1. The average Bonchev–Trinajstić information content (AvgIpc) is 2.95. The van der Waals surface area contributed by atoms with Gasteiger partial charge in [0.2, 0.25) is 0 Å². The average molecular weight is 339 g/mol. The van der Waals surface area contributed by atoms with Crippen molar-refractivity contribution in [1.82, 2.24) is 5.01 Å². The quantitative estimate of drug-likeness (QED) is 0.800. The molecule has 0 aromatic heterocycles. The lowest BCUT2D eigenvalue weighted by Gasteiger charge is -2.09. The van der Waals surface area contributed by atoms with Crippen LogP contribution >= 0.6 is 11.8 Å². The molecule has 1 heterocycles. The third kappa shape index (κ3) is 3.83. The van der Waals surface area contributed by atoms with E-state index in [1.165, 1.54) is 22.3 Å².